The molecule has 0 bridgehead atoms. The van der Waals surface area contributed by atoms with Crippen LogP contribution < -0.4 is 4.90 Å². The molecule has 3 heteroatoms. The molecular weight excluding hydrogens is 510 g/mol. The topological polar surface area (TPSA) is 39.5 Å². The van der Waals surface area contributed by atoms with Gasteiger partial charge in [0.25, 0.3) is 0 Å². The van der Waals surface area contributed by atoms with Crippen LogP contribution in [0.4, 0.5) is 5.69 Å². The molecule has 2 unspecified atom stereocenters. The average molecular weight is 542 g/mol. The van der Waals surface area contributed by atoms with E-state index in [9.17, 15) is 0 Å². The van der Waals surface area contributed by atoms with Crippen molar-refractivity contribution in [3.05, 3.63) is 161 Å². The van der Waals surface area contributed by atoms with Crippen LogP contribution >= 0.6 is 0 Å². The summed E-state index contributed by atoms with van der Waals surface area (Å²) in [6.45, 7) is 4.69. The molecule has 4 aromatic rings. The molecule has 4 aliphatic rings. The smallest absolute Gasteiger partial charge is 0.0887 e. The minimum atomic E-state index is -0.0348. The lowest BCUT2D eigenvalue weighted by Gasteiger charge is -2.33. The highest BCUT2D eigenvalue weighted by Gasteiger charge is 2.43. The number of allylic oxidation sites excluding steroid dienone is 4. The van der Waals surface area contributed by atoms with E-state index >= 15 is 0 Å². The second-order valence-corrected chi connectivity index (χ2v) is 12.0. The highest BCUT2D eigenvalue weighted by molar-refractivity contribution is 6.50. The van der Waals surface area contributed by atoms with Gasteiger partial charge in [0.15, 0.2) is 0 Å². The van der Waals surface area contributed by atoms with Gasteiger partial charge in [0.2, 0.25) is 0 Å². The minimum absolute atomic E-state index is 0.0348. The van der Waals surface area contributed by atoms with E-state index in [0.717, 1.165) is 11.3 Å². The predicted molar refractivity (Wildman–Crippen MR) is 175 cm³/mol. The molecule has 0 radical (unpaired) electrons. The van der Waals surface area contributed by atoms with Gasteiger partial charge in [-0.2, -0.15) is 0 Å². The third kappa shape index (κ3) is 3.60. The number of fused-ring (bicyclic) bond motifs is 9. The second-order valence-electron chi connectivity index (χ2n) is 12.0. The Morgan fingerprint density at radius 3 is 2.40 bits per heavy atom. The normalized spacial score (nSPS) is 21.7. The molecule has 8 rings (SSSR count). The van der Waals surface area contributed by atoms with Crippen molar-refractivity contribution in [1.82, 2.24) is 0 Å². The summed E-state index contributed by atoms with van der Waals surface area (Å²) in [7, 11) is 0. The van der Waals surface area contributed by atoms with Gasteiger partial charge in [-0.3, -0.25) is 5.41 Å². The molecule has 0 spiro atoms. The standard InChI is InChI=1S/C39H31N3/c1-39(2)31-16-8-6-15-30(31)37-27-20-21-28-26-14-7-11-19-36(26)42(38(28)29(27)22-23-32(37)39)24-35(25-12-4-3-5-13-25)41-34-18-10-9-17-33(34)40/h3-24,28,38,40H,1-2H3/b35-24+,40-33?,41-34-. The number of anilines is 1. The van der Waals surface area contributed by atoms with E-state index in [4.69, 9.17) is 10.4 Å². The zero-order valence-corrected chi connectivity index (χ0v) is 23.8. The van der Waals surface area contributed by atoms with Crippen LogP contribution in [0.1, 0.15) is 59.2 Å². The zero-order valence-electron chi connectivity index (χ0n) is 23.8. The monoisotopic (exact) mass is 541 g/mol. The summed E-state index contributed by atoms with van der Waals surface area (Å²) in [6, 6.07) is 32.8. The van der Waals surface area contributed by atoms with E-state index in [0.29, 0.717) is 11.4 Å². The lowest BCUT2D eigenvalue weighted by atomic mass is 9.78. The van der Waals surface area contributed by atoms with E-state index in [1.807, 2.05) is 36.4 Å². The highest BCUT2D eigenvalue weighted by Crippen LogP contribution is 2.57. The quantitative estimate of drug-likeness (QED) is 0.258. The number of benzene rings is 4. The first-order valence-electron chi connectivity index (χ1n) is 14.6. The van der Waals surface area contributed by atoms with E-state index < -0.39 is 0 Å². The summed E-state index contributed by atoms with van der Waals surface area (Å²) in [5.74, 6) is 0.230. The third-order valence-corrected chi connectivity index (χ3v) is 9.30. The van der Waals surface area contributed by atoms with Crippen molar-refractivity contribution in [2.45, 2.75) is 31.2 Å². The summed E-state index contributed by atoms with van der Waals surface area (Å²) in [4.78, 5) is 7.51. The van der Waals surface area contributed by atoms with Crippen LogP contribution in [-0.4, -0.2) is 11.4 Å². The number of hydrogen-bond donors (Lipinski definition) is 1. The fourth-order valence-electron chi connectivity index (χ4n) is 7.28. The van der Waals surface area contributed by atoms with Crippen LogP contribution in [0.5, 0.6) is 0 Å². The Kier molecular flexibility index (Phi) is 5.45. The number of aliphatic imine (C=N–C) groups is 1. The van der Waals surface area contributed by atoms with Crippen LogP contribution in [0, 0.1) is 5.41 Å². The van der Waals surface area contributed by atoms with E-state index in [1.54, 1.807) is 6.08 Å². The van der Waals surface area contributed by atoms with Crippen LogP contribution in [0.3, 0.4) is 0 Å². The molecule has 42 heavy (non-hydrogen) atoms. The third-order valence-electron chi connectivity index (χ3n) is 9.30. The molecule has 0 fully saturated rings. The Morgan fingerprint density at radius 2 is 1.55 bits per heavy atom. The Labute approximate surface area is 247 Å². The van der Waals surface area contributed by atoms with Gasteiger partial charge in [-0.1, -0.05) is 123 Å². The summed E-state index contributed by atoms with van der Waals surface area (Å²) in [5.41, 5.74) is 13.6. The molecule has 0 amide bonds. The molecule has 0 saturated heterocycles. The number of nitrogens with zero attached hydrogens (tertiary/aromatic N) is 2. The van der Waals surface area contributed by atoms with Gasteiger partial charge in [0.1, 0.15) is 0 Å². The van der Waals surface area contributed by atoms with Crippen molar-refractivity contribution in [2.75, 3.05) is 4.90 Å². The SMILES string of the molecule is CC1(C)c2ccccc2-c2c1ccc1c2C=CC2c3ccccc3N(/C=C(/N=C3/C=CC=CC3=N)c3ccccc3)C12. The first-order valence-corrected chi connectivity index (χ1v) is 14.6. The van der Waals surface area contributed by atoms with Gasteiger partial charge >= 0.3 is 0 Å². The van der Waals surface area contributed by atoms with Gasteiger partial charge in [-0.05, 0) is 57.2 Å². The Hall–Kier alpha value is -5.02. The van der Waals surface area contributed by atoms with Crippen LogP contribution in [-0.2, 0) is 5.41 Å². The van der Waals surface area contributed by atoms with Gasteiger partial charge in [-0.15, -0.1) is 0 Å². The lowest BCUT2D eigenvalue weighted by Crippen LogP contribution is -2.24. The molecule has 0 aromatic heterocycles. The minimum Gasteiger partial charge on any atom is -0.337 e. The average Bonchev–Trinajstić information content (AvgIpc) is 3.47. The molecule has 1 N–H and O–H groups in total. The fourth-order valence-corrected chi connectivity index (χ4v) is 7.28. The molecule has 4 aromatic carbocycles. The van der Waals surface area contributed by atoms with Crippen molar-refractivity contribution in [2.24, 2.45) is 4.99 Å². The summed E-state index contributed by atoms with van der Waals surface area (Å²) < 4.78 is 0. The molecular formula is C39H31N3. The molecule has 3 nitrogen and oxygen atoms in total. The van der Waals surface area contributed by atoms with Gasteiger partial charge in [0.05, 0.1) is 23.2 Å². The summed E-state index contributed by atoms with van der Waals surface area (Å²) >= 11 is 0. The lowest BCUT2D eigenvalue weighted by molar-refractivity contribution is 0.650. The van der Waals surface area contributed by atoms with E-state index in [1.165, 1.54) is 44.6 Å². The summed E-state index contributed by atoms with van der Waals surface area (Å²) in [5, 5.41) is 8.49. The van der Waals surface area contributed by atoms with Gasteiger partial charge in [-0.25, -0.2) is 4.99 Å². The van der Waals surface area contributed by atoms with Crippen LogP contribution in [0.2, 0.25) is 0 Å². The molecule has 0 saturated carbocycles. The van der Waals surface area contributed by atoms with Crippen LogP contribution in [0.25, 0.3) is 22.9 Å². The molecule has 202 valence electrons. The maximum absolute atomic E-state index is 8.49. The molecule has 2 atom stereocenters. The summed E-state index contributed by atoms with van der Waals surface area (Å²) in [6.07, 6.45) is 14.5. The Bertz CT molecular complexity index is 1930. The molecule has 1 heterocycles. The van der Waals surface area contributed by atoms with Crippen molar-refractivity contribution in [3.63, 3.8) is 0 Å². The maximum Gasteiger partial charge on any atom is 0.0887 e. The zero-order chi connectivity index (χ0) is 28.4. The number of hydrogen-bond acceptors (Lipinski definition) is 3. The largest absolute Gasteiger partial charge is 0.337 e. The molecule has 3 aliphatic carbocycles. The van der Waals surface area contributed by atoms with Crippen molar-refractivity contribution in [1.29, 1.82) is 5.41 Å². The van der Waals surface area contributed by atoms with Crippen LogP contribution in [0.15, 0.2) is 133 Å². The van der Waals surface area contributed by atoms with Gasteiger partial charge < -0.3 is 4.90 Å². The maximum atomic E-state index is 8.49. The first-order chi connectivity index (χ1) is 20.5. The van der Waals surface area contributed by atoms with E-state index in [2.05, 4.69) is 110 Å². The number of para-hydroxylation sites is 1. The van der Waals surface area contributed by atoms with Crippen molar-refractivity contribution >= 4 is 28.9 Å². The predicted octanol–water partition coefficient (Wildman–Crippen LogP) is 9.25. The Balaban J connectivity index is 1.34. The Morgan fingerprint density at radius 1 is 0.786 bits per heavy atom. The van der Waals surface area contributed by atoms with Gasteiger partial charge in [0, 0.05) is 28.8 Å². The number of rotatable bonds is 3. The van der Waals surface area contributed by atoms with Crippen molar-refractivity contribution in [3.8, 4) is 11.1 Å². The molecule has 1 aliphatic heterocycles. The highest BCUT2D eigenvalue weighted by atomic mass is 15.2. The second kappa shape index (κ2) is 9.25. The van der Waals surface area contributed by atoms with E-state index in [-0.39, 0.29) is 17.4 Å². The fraction of sp³-hybridized carbons (Fsp3) is 0.128. The van der Waals surface area contributed by atoms with Crippen molar-refractivity contribution < 1.29 is 0 Å². The number of nitrogens with one attached hydrogen (secondary N) is 1. The first kappa shape index (κ1) is 24.8.